The van der Waals surface area contributed by atoms with Crippen molar-refractivity contribution >= 4 is 64.4 Å². The van der Waals surface area contributed by atoms with Gasteiger partial charge in [0.05, 0.1) is 25.7 Å². The minimum absolute atomic E-state index is 0.00528. The van der Waals surface area contributed by atoms with Gasteiger partial charge in [-0.15, -0.1) is 0 Å². The zero-order valence-electron chi connectivity index (χ0n) is 24.2. The van der Waals surface area contributed by atoms with E-state index >= 15 is 0 Å². The van der Waals surface area contributed by atoms with Gasteiger partial charge in [-0.25, -0.2) is 0 Å². The molecule has 0 aromatic heterocycles. The summed E-state index contributed by atoms with van der Waals surface area (Å²) in [5, 5.41) is 10.8. The topological polar surface area (TPSA) is 88.1 Å². The van der Waals surface area contributed by atoms with Gasteiger partial charge in [-0.05, 0) is 66.8 Å². The first-order chi connectivity index (χ1) is 21.9. The second-order valence-corrected chi connectivity index (χ2v) is 11.9. The van der Waals surface area contributed by atoms with Crippen molar-refractivity contribution < 1.29 is 37.3 Å². The van der Waals surface area contributed by atoms with Crippen molar-refractivity contribution in [2.45, 2.75) is 38.0 Å². The number of ether oxygens (including phenoxy) is 2. The Balaban J connectivity index is 0.00000154. The molecule has 0 atom stereocenters. The second kappa shape index (κ2) is 16.1. The SMILES string of the molecule is O=C(C1=C(c2ccc(OCCOc3cc(Cl)c(Cl)cc3Cl)cc2)CCNC1)N(Cc1cccc(C(F)(F)F)c1Cl)C1CC1.O=CO. The normalized spacial score (nSPS) is 14.7. The van der Waals surface area contributed by atoms with Gasteiger partial charge in [-0.2, -0.15) is 13.2 Å². The predicted molar refractivity (Wildman–Crippen MR) is 172 cm³/mol. The fourth-order valence-electron chi connectivity index (χ4n) is 4.92. The molecule has 3 aromatic carbocycles. The highest BCUT2D eigenvalue weighted by atomic mass is 35.5. The third-order valence-corrected chi connectivity index (χ3v) is 8.70. The van der Waals surface area contributed by atoms with Crippen LogP contribution in [-0.4, -0.2) is 54.7 Å². The van der Waals surface area contributed by atoms with Gasteiger partial charge in [0.2, 0.25) is 0 Å². The van der Waals surface area contributed by atoms with E-state index in [1.54, 1.807) is 11.0 Å². The van der Waals surface area contributed by atoms with E-state index in [0.717, 1.165) is 30.0 Å². The molecule has 1 saturated carbocycles. The number of rotatable bonds is 10. The van der Waals surface area contributed by atoms with Crippen LogP contribution in [0.3, 0.4) is 0 Å². The lowest BCUT2D eigenvalue weighted by Gasteiger charge is -2.29. The molecular weight excluding hydrogens is 691 g/mol. The van der Waals surface area contributed by atoms with Gasteiger partial charge in [-0.1, -0.05) is 70.7 Å². The number of hydrogen-bond acceptors (Lipinski definition) is 5. The van der Waals surface area contributed by atoms with E-state index in [4.69, 9.17) is 65.8 Å². The van der Waals surface area contributed by atoms with Crippen molar-refractivity contribution in [2.75, 3.05) is 26.3 Å². The quantitative estimate of drug-likeness (QED) is 0.124. The van der Waals surface area contributed by atoms with E-state index in [-0.39, 0.29) is 48.8 Å². The first-order valence-corrected chi connectivity index (χ1v) is 15.6. The van der Waals surface area contributed by atoms with Crippen molar-refractivity contribution in [3.8, 4) is 11.5 Å². The largest absolute Gasteiger partial charge is 0.490 e. The van der Waals surface area contributed by atoms with Gasteiger partial charge in [-0.3, -0.25) is 9.59 Å². The number of benzene rings is 3. The van der Waals surface area contributed by atoms with Crippen molar-refractivity contribution in [1.82, 2.24) is 10.2 Å². The Bertz CT molecular complexity index is 1580. The summed E-state index contributed by atoms with van der Waals surface area (Å²) in [4.78, 5) is 23.9. The monoisotopic (exact) mass is 718 g/mol. The van der Waals surface area contributed by atoms with Crippen LogP contribution in [0.15, 0.2) is 60.2 Å². The molecule has 1 aliphatic carbocycles. The number of carbonyl (C=O) groups is 2. The molecule has 1 aliphatic heterocycles. The molecule has 1 amide bonds. The summed E-state index contributed by atoms with van der Waals surface area (Å²) in [6, 6.07) is 14.3. The summed E-state index contributed by atoms with van der Waals surface area (Å²) in [5.74, 6) is 0.825. The highest BCUT2D eigenvalue weighted by molar-refractivity contribution is 6.43. The zero-order valence-corrected chi connectivity index (χ0v) is 27.2. The Morgan fingerprint density at radius 2 is 1.63 bits per heavy atom. The molecule has 5 rings (SSSR count). The van der Waals surface area contributed by atoms with Crippen LogP contribution in [0, 0.1) is 0 Å². The number of halogens is 7. The molecule has 246 valence electrons. The maximum absolute atomic E-state index is 13.9. The molecule has 7 nitrogen and oxygen atoms in total. The molecule has 14 heteroatoms. The van der Waals surface area contributed by atoms with E-state index < -0.39 is 11.7 Å². The molecule has 46 heavy (non-hydrogen) atoms. The third-order valence-electron chi connectivity index (χ3n) is 7.24. The second-order valence-electron chi connectivity index (χ2n) is 10.3. The zero-order chi connectivity index (χ0) is 33.4. The van der Waals surface area contributed by atoms with Crippen LogP contribution in [0.2, 0.25) is 20.1 Å². The molecule has 3 aromatic rings. The highest BCUT2D eigenvalue weighted by Gasteiger charge is 2.38. The number of amides is 1. The summed E-state index contributed by atoms with van der Waals surface area (Å²) in [5.41, 5.74) is 1.75. The Hall–Kier alpha value is -3.15. The average Bonchev–Trinajstić information content (AvgIpc) is 3.86. The molecule has 0 spiro atoms. The minimum Gasteiger partial charge on any atom is -0.490 e. The van der Waals surface area contributed by atoms with Gasteiger partial charge in [0.25, 0.3) is 12.4 Å². The van der Waals surface area contributed by atoms with Gasteiger partial charge < -0.3 is 24.8 Å². The fraction of sp³-hybridized carbons (Fsp3) is 0.312. The lowest BCUT2D eigenvalue weighted by Crippen LogP contribution is -2.39. The first-order valence-electron chi connectivity index (χ1n) is 14.1. The molecular formula is C32H29Cl4F3N2O5. The number of hydrogen-bond donors (Lipinski definition) is 2. The number of nitrogens with one attached hydrogen (secondary N) is 1. The molecule has 0 unspecified atom stereocenters. The van der Waals surface area contributed by atoms with E-state index in [1.165, 1.54) is 18.2 Å². The van der Waals surface area contributed by atoms with E-state index in [0.29, 0.717) is 51.7 Å². The number of nitrogens with zero attached hydrogens (tertiary/aromatic N) is 1. The maximum atomic E-state index is 13.9. The Morgan fingerprint density at radius 3 is 2.28 bits per heavy atom. The van der Waals surface area contributed by atoms with Crippen LogP contribution in [0.1, 0.15) is 36.0 Å². The van der Waals surface area contributed by atoms with Crippen LogP contribution in [0.4, 0.5) is 13.2 Å². The average molecular weight is 720 g/mol. The number of carbonyl (C=O) groups excluding carboxylic acids is 1. The lowest BCUT2D eigenvalue weighted by atomic mass is 9.93. The standard InChI is InChI=1S/C31H27Cl4F3N2O3.CH2O2/c32-25-14-27(34)28(15-26(25)33)43-13-12-42-21-8-4-18(5-9-21)22-10-11-39-16-23(22)30(41)40(20-6-7-20)17-19-2-1-3-24(29(19)35)31(36,37)38;2-1-3/h1-5,8-9,14-15,20,39H,6-7,10-13,16-17H2;1H,(H,2,3). The molecule has 2 aliphatic rings. The summed E-state index contributed by atoms with van der Waals surface area (Å²) in [6.45, 7) is 1.29. The third kappa shape index (κ3) is 9.23. The number of alkyl halides is 3. The molecule has 2 N–H and O–H groups in total. The summed E-state index contributed by atoms with van der Waals surface area (Å²) >= 11 is 24.3. The van der Waals surface area contributed by atoms with E-state index in [9.17, 15) is 18.0 Å². The smallest absolute Gasteiger partial charge is 0.417 e. The van der Waals surface area contributed by atoms with Crippen molar-refractivity contribution in [2.24, 2.45) is 0 Å². The molecule has 0 saturated heterocycles. The van der Waals surface area contributed by atoms with Crippen LogP contribution in [0.25, 0.3) is 5.57 Å². The van der Waals surface area contributed by atoms with Gasteiger partial charge in [0, 0.05) is 30.8 Å². The molecule has 0 radical (unpaired) electrons. The van der Waals surface area contributed by atoms with Gasteiger partial charge >= 0.3 is 6.18 Å². The minimum atomic E-state index is -4.58. The van der Waals surface area contributed by atoms with Crippen LogP contribution in [-0.2, 0) is 22.3 Å². The van der Waals surface area contributed by atoms with E-state index in [1.807, 2.05) is 24.3 Å². The van der Waals surface area contributed by atoms with Crippen molar-refractivity contribution in [1.29, 1.82) is 0 Å². The summed E-state index contributed by atoms with van der Waals surface area (Å²) in [7, 11) is 0. The van der Waals surface area contributed by atoms with Crippen LogP contribution < -0.4 is 14.8 Å². The lowest BCUT2D eigenvalue weighted by molar-refractivity contribution is -0.137. The van der Waals surface area contributed by atoms with Crippen molar-refractivity contribution in [3.63, 3.8) is 0 Å². The van der Waals surface area contributed by atoms with Crippen LogP contribution in [0.5, 0.6) is 11.5 Å². The molecule has 0 bridgehead atoms. The molecule has 1 heterocycles. The Labute approximate surface area is 283 Å². The van der Waals surface area contributed by atoms with Gasteiger partial charge in [0.1, 0.15) is 24.7 Å². The predicted octanol–water partition coefficient (Wildman–Crippen LogP) is 8.42. The van der Waals surface area contributed by atoms with Crippen LogP contribution >= 0.6 is 46.4 Å². The fourth-order valence-corrected chi connectivity index (χ4v) is 5.80. The first kappa shape index (κ1) is 35.7. The van der Waals surface area contributed by atoms with Gasteiger partial charge in [0.15, 0.2) is 0 Å². The maximum Gasteiger partial charge on any atom is 0.417 e. The Morgan fingerprint density at radius 1 is 0.978 bits per heavy atom. The highest BCUT2D eigenvalue weighted by Crippen LogP contribution is 2.39. The van der Waals surface area contributed by atoms with E-state index in [2.05, 4.69) is 5.32 Å². The summed E-state index contributed by atoms with van der Waals surface area (Å²) < 4.78 is 51.8. The van der Waals surface area contributed by atoms with Crippen molar-refractivity contribution in [3.05, 3.63) is 97.0 Å². The molecule has 1 fully saturated rings. The number of carboxylic acid groups (broad SMARTS) is 1. The summed E-state index contributed by atoms with van der Waals surface area (Å²) in [6.07, 6.45) is -2.36. The Kier molecular flexibility index (Phi) is 12.5.